The Morgan fingerprint density at radius 3 is 2.64 bits per heavy atom. The summed E-state index contributed by atoms with van der Waals surface area (Å²) >= 11 is 0. The fourth-order valence-corrected chi connectivity index (χ4v) is 2.15. The molecule has 0 radical (unpaired) electrons. The summed E-state index contributed by atoms with van der Waals surface area (Å²) in [6.07, 6.45) is -3.24. The first kappa shape index (κ1) is 18.9. The summed E-state index contributed by atoms with van der Waals surface area (Å²) in [6.45, 7) is 3.13. The summed E-state index contributed by atoms with van der Waals surface area (Å²) < 4.78 is 59.1. The van der Waals surface area contributed by atoms with Crippen LogP contribution in [0.1, 0.15) is 22.8 Å². The Balaban J connectivity index is 2.39. The van der Waals surface area contributed by atoms with Gasteiger partial charge in [0, 0.05) is 19.3 Å². The quantitative estimate of drug-likeness (QED) is 0.609. The van der Waals surface area contributed by atoms with Crippen molar-refractivity contribution in [2.24, 2.45) is 4.99 Å². The van der Waals surface area contributed by atoms with E-state index in [4.69, 9.17) is 4.74 Å². The molecule has 0 aliphatic rings. The van der Waals surface area contributed by atoms with E-state index in [-0.39, 0.29) is 5.49 Å². The van der Waals surface area contributed by atoms with E-state index in [1.54, 1.807) is 22.9 Å². The molecule has 0 spiro atoms. The van der Waals surface area contributed by atoms with Crippen LogP contribution >= 0.6 is 0 Å². The first-order valence-corrected chi connectivity index (χ1v) is 7.52. The second-order valence-electron chi connectivity index (χ2n) is 5.03. The molecule has 0 atom stereocenters. The number of pyridine rings is 1. The molecule has 1 aromatic heterocycles. The Labute approximate surface area is 141 Å². The number of aromatic nitrogens is 1. The number of ether oxygens (including phenoxy) is 1. The molecule has 0 aliphatic heterocycles. The Morgan fingerprint density at radius 1 is 1.20 bits per heavy atom. The van der Waals surface area contributed by atoms with Gasteiger partial charge in [0.1, 0.15) is 11.3 Å². The molecule has 2 aromatic rings. The number of hydrogen-bond acceptors (Lipinski definition) is 2. The predicted molar refractivity (Wildman–Crippen MR) is 82.2 cm³/mol. The highest BCUT2D eigenvalue weighted by Gasteiger charge is 2.35. The normalized spacial score (nSPS) is 12.4. The molecule has 0 saturated heterocycles. The van der Waals surface area contributed by atoms with Crippen molar-refractivity contribution in [3.63, 3.8) is 0 Å². The van der Waals surface area contributed by atoms with Crippen LogP contribution in [0.3, 0.4) is 0 Å². The maximum Gasteiger partial charge on any atom is 0.419 e. The van der Waals surface area contributed by atoms with Gasteiger partial charge in [-0.25, -0.2) is 4.39 Å². The van der Waals surface area contributed by atoms with E-state index >= 15 is 0 Å². The molecule has 0 N–H and O–H groups in total. The average molecular weight is 356 g/mol. The SMILES string of the molecule is CCOCCn1cccc/c1=N\C(=O)c1cccc(C(F)(F)F)c1F. The van der Waals surface area contributed by atoms with Gasteiger partial charge in [-0.3, -0.25) is 4.79 Å². The second-order valence-corrected chi connectivity index (χ2v) is 5.03. The fourth-order valence-electron chi connectivity index (χ4n) is 2.15. The van der Waals surface area contributed by atoms with Crippen LogP contribution in [0, 0.1) is 5.82 Å². The Bertz CT molecular complexity index is 813. The Kier molecular flexibility index (Phi) is 6.08. The molecule has 2 rings (SSSR count). The third kappa shape index (κ3) is 4.76. The van der Waals surface area contributed by atoms with Gasteiger partial charge in [0.15, 0.2) is 0 Å². The van der Waals surface area contributed by atoms with E-state index in [9.17, 15) is 22.4 Å². The molecule has 25 heavy (non-hydrogen) atoms. The molecule has 1 aromatic carbocycles. The summed E-state index contributed by atoms with van der Waals surface area (Å²) in [5, 5.41) is 0. The summed E-state index contributed by atoms with van der Waals surface area (Å²) in [6, 6.07) is 7.37. The first-order chi connectivity index (χ1) is 11.8. The van der Waals surface area contributed by atoms with Gasteiger partial charge in [0.05, 0.1) is 17.7 Å². The lowest BCUT2D eigenvalue weighted by Crippen LogP contribution is -2.24. The van der Waals surface area contributed by atoms with Gasteiger partial charge in [-0.05, 0) is 31.2 Å². The van der Waals surface area contributed by atoms with Gasteiger partial charge in [-0.15, -0.1) is 0 Å². The number of carbonyl (C=O) groups excluding carboxylic acids is 1. The zero-order valence-electron chi connectivity index (χ0n) is 13.4. The van der Waals surface area contributed by atoms with Crippen LogP contribution in [0.15, 0.2) is 47.6 Å². The molecule has 0 aliphatic carbocycles. The van der Waals surface area contributed by atoms with Crippen molar-refractivity contribution in [1.82, 2.24) is 4.57 Å². The predicted octanol–water partition coefficient (Wildman–Crippen LogP) is 3.42. The van der Waals surface area contributed by atoms with Crippen molar-refractivity contribution in [2.75, 3.05) is 13.2 Å². The number of amides is 1. The van der Waals surface area contributed by atoms with E-state index in [1.165, 1.54) is 6.07 Å². The van der Waals surface area contributed by atoms with E-state index in [1.807, 2.05) is 6.92 Å². The number of alkyl halides is 3. The van der Waals surface area contributed by atoms with Crippen LogP contribution in [0.2, 0.25) is 0 Å². The Morgan fingerprint density at radius 2 is 1.96 bits per heavy atom. The largest absolute Gasteiger partial charge is 0.419 e. The molecule has 4 nitrogen and oxygen atoms in total. The summed E-state index contributed by atoms with van der Waals surface area (Å²) in [5.41, 5.74) is -2.02. The molecule has 0 unspecified atom stereocenters. The zero-order chi connectivity index (χ0) is 18.4. The number of rotatable bonds is 5. The minimum absolute atomic E-state index is 0.198. The van der Waals surface area contributed by atoms with Crippen LogP contribution in [-0.4, -0.2) is 23.7 Å². The van der Waals surface area contributed by atoms with Crippen LogP contribution < -0.4 is 5.49 Å². The number of hydrogen-bond donors (Lipinski definition) is 0. The van der Waals surface area contributed by atoms with Crippen molar-refractivity contribution in [1.29, 1.82) is 0 Å². The zero-order valence-corrected chi connectivity index (χ0v) is 13.4. The topological polar surface area (TPSA) is 43.6 Å². The van der Waals surface area contributed by atoms with E-state index in [0.717, 1.165) is 12.1 Å². The van der Waals surface area contributed by atoms with Crippen LogP contribution in [0.25, 0.3) is 0 Å². The maximum absolute atomic E-state index is 14.0. The van der Waals surface area contributed by atoms with E-state index in [2.05, 4.69) is 4.99 Å². The molecular formula is C17H16F4N2O2. The van der Waals surface area contributed by atoms with Gasteiger partial charge in [-0.1, -0.05) is 12.1 Å². The highest BCUT2D eigenvalue weighted by molar-refractivity contribution is 5.95. The summed E-state index contributed by atoms with van der Waals surface area (Å²) in [4.78, 5) is 15.9. The summed E-state index contributed by atoms with van der Waals surface area (Å²) in [7, 11) is 0. The molecule has 1 heterocycles. The lowest BCUT2D eigenvalue weighted by Gasteiger charge is -2.10. The Hall–Kier alpha value is -2.48. The van der Waals surface area contributed by atoms with Gasteiger partial charge in [0.25, 0.3) is 5.91 Å². The third-order valence-corrected chi connectivity index (χ3v) is 3.35. The van der Waals surface area contributed by atoms with Gasteiger partial charge < -0.3 is 9.30 Å². The highest BCUT2D eigenvalue weighted by atomic mass is 19.4. The number of nitrogens with zero attached hydrogens (tertiary/aromatic N) is 2. The highest BCUT2D eigenvalue weighted by Crippen LogP contribution is 2.32. The van der Waals surface area contributed by atoms with Gasteiger partial charge in [0.2, 0.25) is 0 Å². The van der Waals surface area contributed by atoms with Crippen molar-refractivity contribution in [3.8, 4) is 0 Å². The molecule has 0 bridgehead atoms. The van der Waals surface area contributed by atoms with Crippen molar-refractivity contribution in [2.45, 2.75) is 19.6 Å². The fraction of sp³-hybridized carbons (Fsp3) is 0.294. The van der Waals surface area contributed by atoms with Crippen molar-refractivity contribution >= 4 is 5.91 Å². The molecule has 0 fully saturated rings. The van der Waals surface area contributed by atoms with Crippen LogP contribution in [-0.2, 0) is 17.5 Å². The first-order valence-electron chi connectivity index (χ1n) is 7.52. The van der Waals surface area contributed by atoms with Crippen molar-refractivity contribution < 1.29 is 27.1 Å². The monoisotopic (exact) mass is 356 g/mol. The number of carbonyl (C=O) groups is 1. The second kappa shape index (κ2) is 8.06. The van der Waals surface area contributed by atoms with E-state index in [0.29, 0.717) is 25.8 Å². The number of halogens is 4. The van der Waals surface area contributed by atoms with Crippen LogP contribution in [0.4, 0.5) is 17.6 Å². The maximum atomic E-state index is 14.0. The third-order valence-electron chi connectivity index (χ3n) is 3.35. The van der Waals surface area contributed by atoms with Crippen molar-refractivity contribution in [3.05, 3.63) is 65.0 Å². The molecule has 8 heteroatoms. The van der Waals surface area contributed by atoms with Gasteiger partial charge >= 0.3 is 6.18 Å². The lowest BCUT2D eigenvalue weighted by atomic mass is 10.1. The smallest absolute Gasteiger partial charge is 0.380 e. The molecular weight excluding hydrogens is 340 g/mol. The summed E-state index contributed by atoms with van der Waals surface area (Å²) in [5.74, 6) is -2.71. The molecule has 0 saturated carbocycles. The van der Waals surface area contributed by atoms with Gasteiger partial charge in [-0.2, -0.15) is 18.2 Å². The number of benzene rings is 1. The van der Waals surface area contributed by atoms with Crippen LogP contribution in [0.5, 0.6) is 0 Å². The van der Waals surface area contributed by atoms with E-state index < -0.39 is 29.0 Å². The lowest BCUT2D eigenvalue weighted by molar-refractivity contribution is -0.140. The molecule has 134 valence electrons. The minimum Gasteiger partial charge on any atom is -0.380 e. The molecule has 1 amide bonds. The average Bonchev–Trinajstić information content (AvgIpc) is 2.55. The standard InChI is InChI=1S/C17H16F4N2O2/c1-2-25-11-10-23-9-4-3-8-14(23)22-16(24)12-6-5-7-13(15(12)18)17(19,20)21/h3-9H,2,10-11H2,1H3/b22-14+. The minimum atomic E-state index is -4.88.